The number of hydrogen-bond acceptors (Lipinski definition) is 3. The number of nitrogens with zero attached hydrogens (tertiary/aromatic N) is 3. The van der Waals surface area contributed by atoms with E-state index in [1.807, 2.05) is 24.8 Å². The van der Waals surface area contributed by atoms with Gasteiger partial charge in [-0.15, -0.1) is 0 Å². The molecule has 3 heterocycles. The van der Waals surface area contributed by atoms with Gasteiger partial charge in [0.15, 0.2) is 8.07 Å². The molecule has 3 nitrogen and oxygen atoms in total. The normalized spacial score (nSPS) is 13.1. The molecular formula is C40H29N3Si. The topological polar surface area (TPSA) is 29.0 Å². The number of pyridine rings is 2. The zero-order chi connectivity index (χ0) is 29.3. The fourth-order valence-electron chi connectivity index (χ4n) is 6.94. The van der Waals surface area contributed by atoms with Crippen LogP contribution in [0.3, 0.4) is 0 Å². The second-order valence-corrected chi connectivity index (χ2v) is 14.8. The number of para-hydroxylation sites is 2. The van der Waals surface area contributed by atoms with Gasteiger partial charge in [-0.1, -0.05) is 127 Å². The molecule has 208 valence electrons. The van der Waals surface area contributed by atoms with E-state index in [0.717, 1.165) is 27.9 Å². The van der Waals surface area contributed by atoms with Gasteiger partial charge >= 0.3 is 0 Å². The first-order valence-corrected chi connectivity index (χ1v) is 16.9. The van der Waals surface area contributed by atoms with E-state index >= 15 is 0 Å². The molecule has 2 aromatic heterocycles. The van der Waals surface area contributed by atoms with E-state index in [1.54, 1.807) is 0 Å². The fraction of sp³-hybridized carbons (Fsp3) is 0. The minimum Gasteiger partial charge on any atom is -0.308 e. The molecule has 1 aliphatic rings. The highest BCUT2D eigenvalue weighted by molar-refractivity contribution is 7.21. The number of anilines is 3. The highest BCUT2D eigenvalue weighted by Crippen LogP contribution is 2.44. The summed E-state index contributed by atoms with van der Waals surface area (Å²) in [6.45, 7) is 0. The van der Waals surface area contributed by atoms with Gasteiger partial charge < -0.3 is 4.90 Å². The van der Waals surface area contributed by atoms with Gasteiger partial charge in [0, 0.05) is 41.1 Å². The monoisotopic (exact) mass is 579 g/mol. The highest BCUT2D eigenvalue weighted by Gasteiger charge is 2.48. The lowest BCUT2D eigenvalue weighted by molar-refractivity contribution is 1.23. The first-order valence-electron chi connectivity index (χ1n) is 14.9. The summed E-state index contributed by atoms with van der Waals surface area (Å²) < 4.78 is 0. The van der Waals surface area contributed by atoms with Crippen LogP contribution in [0.1, 0.15) is 0 Å². The maximum absolute atomic E-state index is 4.70. The van der Waals surface area contributed by atoms with Crippen LogP contribution in [-0.2, 0) is 0 Å². The zero-order valence-electron chi connectivity index (χ0n) is 24.1. The van der Waals surface area contributed by atoms with Crippen LogP contribution in [0.2, 0.25) is 0 Å². The molecule has 0 fully saturated rings. The van der Waals surface area contributed by atoms with Crippen LogP contribution in [-0.4, -0.2) is 18.0 Å². The molecule has 0 radical (unpaired) electrons. The van der Waals surface area contributed by atoms with Crippen LogP contribution >= 0.6 is 0 Å². The first-order chi connectivity index (χ1) is 21.9. The Hall–Kier alpha value is -5.58. The van der Waals surface area contributed by atoms with E-state index in [4.69, 9.17) is 4.98 Å². The Labute approximate surface area is 258 Å². The van der Waals surface area contributed by atoms with Crippen molar-refractivity contribution in [1.82, 2.24) is 9.97 Å². The van der Waals surface area contributed by atoms with Crippen molar-refractivity contribution in [2.24, 2.45) is 0 Å². The van der Waals surface area contributed by atoms with E-state index in [1.165, 1.54) is 32.1 Å². The summed E-state index contributed by atoms with van der Waals surface area (Å²) >= 11 is 0. The number of rotatable bonds is 5. The molecule has 0 atom stereocenters. The van der Waals surface area contributed by atoms with Crippen molar-refractivity contribution in [3.8, 4) is 22.3 Å². The van der Waals surface area contributed by atoms with E-state index in [9.17, 15) is 0 Å². The Kier molecular flexibility index (Phi) is 6.47. The summed E-state index contributed by atoms with van der Waals surface area (Å²) in [5, 5.41) is 5.48. The molecule has 7 aromatic rings. The number of benzene rings is 5. The average Bonchev–Trinajstić information content (AvgIpc) is 3.12. The molecular weight excluding hydrogens is 551 g/mol. The van der Waals surface area contributed by atoms with Crippen LogP contribution in [0.5, 0.6) is 0 Å². The number of hydrogen-bond donors (Lipinski definition) is 0. The Morgan fingerprint density at radius 3 is 1.45 bits per heavy atom. The summed E-state index contributed by atoms with van der Waals surface area (Å²) in [4.78, 5) is 11.7. The summed E-state index contributed by atoms with van der Waals surface area (Å²) in [5.74, 6) is 0. The van der Waals surface area contributed by atoms with E-state index in [2.05, 4.69) is 162 Å². The lowest BCUT2D eigenvalue weighted by atomic mass is 9.95. The van der Waals surface area contributed by atoms with Crippen LogP contribution in [0.25, 0.3) is 22.3 Å². The quantitative estimate of drug-likeness (QED) is 0.206. The zero-order valence-corrected chi connectivity index (χ0v) is 25.1. The predicted molar refractivity (Wildman–Crippen MR) is 185 cm³/mol. The molecule has 0 unspecified atom stereocenters. The van der Waals surface area contributed by atoms with Crippen LogP contribution in [0.15, 0.2) is 176 Å². The average molecular weight is 580 g/mol. The van der Waals surface area contributed by atoms with Gasteiger partial charge in [-0.05, 0) is 56.1 Å². The van der Waals surface area contributed by atoms with Crippen LogP contribution < -0.4 is 25.6 Å². The smallest absolute Gasteiger partial charge is 0.184 e. The fourth-order valence-corrected chi connectivity index (χ4v) is 12.0. The van der Waals surface area contributed by atoms with Gasteiger partial charge in [0.1, 0.15) is 0 Å². The first kappa shape index (κ1) is 26.1. The largest absolute Gasteiger partial charge is 0.308 e. The molecule has 0 N–H and O–H groups in total. The third-order valence-corrected chi connectivity index (χ3v) is 13.6. The third-order valence-electron chi connectivity index (χ3n) is 8.75. The molecule has 1 aliphatic heterocycles. The third kappa shape index (κ3) is 4.03. The standard InChI is InChI=1S/C40H29N3Si/c1-4-14-30(15-5-1)35-28-41-26-24-33(35)34-25-27-42-29-38(34)43-36-20-10-12-22-39(36)44(31-16-6-2-7-17-31,32-18-8-3-9-19-32)40-23-13-11-21-37(40)43/h1-29H. The van der Waals surface area contributed by atoms with Crippen molar-refractivity contribution in [3.63, 3.8) is 0 Å². The SMILES string of the molecule is c1ccc(-c2cnccc2-c2ccncc2N2c3ccccc3[Si](c3ccccc3)(c3ccccc3)c3ccccc32)cc1. The molecule has 0 spiro atoms. The van der Waals surface area contributed by atoms with E-state index in [0.29, 0.717) is 0 Å². The second-order valence-electron chi connectivity index (χ2n) is 11.0. The van der Waals surface area contributed by atoms with E-state index in [-0.39, 0.29) is 0 Å². The molecule has 5 aromatic carbocycles. The summed E-state index contributed by atoms with van der Waals surface area (Å²) in [6, 6.07) is 54.9. The Bertz CT molecular complexity index is 1990. The summed E-state index contributed by atoms with van der Waals surface area (Å²) in [7, 11) is -2.68. The van der Waals surface area contributed by atoms with Gasteiger partial charge in [0.05, 0.1) is 11.9 Å². The highest BCUT2D eigenvalue weighted by atomic mass is 28.3. The Balaban J connectivity index is 1.44. The molecule has 0 saturated heterocycles. The lowest BCUT2D eigenvalue weighted by Gasteiger charge is -2.45. The van der Waals surface area contributed by atoms with Gasteiger partial charge in [-0.25, -0.2) is 0 Å². The molecule has 0 bridgehead atoms. The van der Waals surface area contributed by atoms with Crippen molar-refractivity contribution < 1.29 is 0 Å². The van der Waals surface area contributed by atoms with Gasteiger partial charge in [0.2, 0.25) is 0 Å². The number of fused-ring (bicyclic) bond motifs is 2. The lowest BCUT2D eigenvalue weighted by Crippen LogP contribution is -2.77. The maximum Gasteiger partial charge on any atom is 0.184 e. The van der Waals surface area contributed by atoms with Crippen molar-refractivity contribution in [2.75, 3.05) is 4.90 Å². The Morgan fingerprint density at radius 1 is 0.386 bits per heavy atom. The molecule has 0 aliphatic carbocycles. The number of aromatic nitrogens is 2. The van der Waals surface area contributed by atoms with Crippen molar-refractivity contribution >= 4 is 45.9 Å². The van der Waals surface area contributed by atoms with Crippen molar-refractivity contribution in [1.29, 1.82) is 0 Å². The van der Waals surface area contributed by atoms with Crippen LogP contribution in [0, 0.1) is 0 Å². The molecule has 0 amide bonds. The van der Waals surface area contributed by atoms with E-state index < -0.39 is 8.07 Å². The van der Waals surface area contributed by atoms with Gasteiger partial charge in [0.25, 0.3) is 0 Å². The molecule has 4 heteroatoms. The minimum atomic E-state index is -2.68. The summed E-state index contributed by atoms with van der Waals surface area (Å²) in [5.41, 5.74) is 7.89. The van der Waals surface area contributed by atoms with Crippen LogP contribution in [0.4, 0.5) is 17.1 Å². The molecule has 44 heavy (non-hydrogen) atoms. The van der Waals surface area contributed by atoms with Gasteiger partial charge in [-0.2, -0.15) is 0 Å². The predicted octanol–water partition coefficient (Wildman–Crippen LogP) is 6.97. The van der Waals surface area contributed by atoms with Gasteiger partial charge in [-0.3, -0.25) is 9.97 Å². The molecule has 0 saturated carbocycles. The second kappa shape index (κ2) is 10.9. The Morgan fingerprint density at radius 2 is 0.864 bits per heavy atom. The van der Waals surface area contributed by atoms with Crippen molar-refractivity contribution in [2.45, 2.75) is 0 Å². The summed E-state index contributed by atoms with van der Waals surface area (Å²) in [6.07, 6.45) is 7.75. The van der Waals surface area contributed by atoms with Crippen molar-refractivity contribution in [3.05, 3.63) is 176 Å². The maximum atomic E-state index is 4.70. The molecule has 8 rings (SSSR count). The minimum absolute atomic E-state index is 1.04.